The summed E-state index contributed by atoms with van der Waals surface area (Å²) in [6.07, 6.45) is 0. The minimum absolute atomic E-state index is 0.234. The Bertz CT molecular complexity index is 47.0. The van der Waals surface area contributed by atoms with Crippen molar-refractivity contribution in [3.8, 4) is 0 Å². The molecule has 3 heteroatoms. The highest BCUT2D eigenvalue weighted by molar-refractivity contribution is 6.04. The maximum absolute atomic E-state index is 5.47. The Morgan fingerprint density at radius 2 is 2.00 bits per heavy atom. The maximum atomic E-state index is 5.47. The number of nitrogens with two attached hydrogens (primary N) is 1. The second-order valence-corrected chi connectivity index (χ2v) is 2.15. The largest absolute Gasteiger partial charge is 0.412 e. The van der Waals surface area contributed by atoms with Gasteiger partial charge in [-0.1, -0.05) is 6.92 Å². The molecule has 0 rings (SSSR count). The molecule has 3 N–H and O–H groups in total. The van der Waals surface area contributed by atoms with Crippen LogP contribution in [0.3, 0.4) is 0 Å². The smallest absolute Gasteiger partial charge is 0.251 e. The highest BCUT2D eigenvalue weighted by Gasteiger charge is 1.99. The molecule has 0 aromatic carbocycles. The van der Waals surface area contributed by atoms with Crippen molar-refractivity contribution < 1.29 is 0 Å². The van der Waals surface area contributed by atoms with E-state index in [9.17, 15) is 0 Å². The molecule has 2 nitrogen and oxygen atoms in total. The monoisotopic (exact) mass is 114 g/mol. The summed E-state index contributed by atoms with van der Waals surface area (Å²) in [7, 11) is 0. The molecular formula is C4H11AlN2. The molecule has 0 fully saturated rings. The molecule has 0 unspecified atom stereocenters. The van der Waals surface area contributed by atoms with Gasteiger partial charge in [-0.25, -0.2) is 0 Å². The first-order valence-electron chi connectivity index (χ1n) is 2.40. The first-order valence-corrected chi connectivity index (χ1v) is 2.98. The van der Waals surface area contributed by atoms with Gasteiger partial charge >= 0.3 is 0 Å². The molecule has 2 radical (unpaired) electrons. The normalized spacial score (nSPS) is 18.7. The van der Waals surface area contributed by atoms with Crippen LogP contribution in [0.2, 0.25) is 0 Å². The Hall–Kier alpha value is 0.452. The maximum Gasteiger partial charge on any atom is 0.251 e. The lowest BCUT2D eigenvalue weighted by molar-refractivity contribution is 0.566. The Balaban J connectivity index is 3.14. The van der Waals surface area contributed by atoms with Gasteiger partial charge in [-0.05, 0) is 13.0 Å². The molecule has 0 aliphatic heterocycles. The zero-order valence-corrected chi connectivity index (χ0v) is 5.96. The van der Waals surface area contributed by atoms with E-state index in [4.69, 9.17) is 5.73 Å². The van der Waals surface area contributed by atoms with Gasteiger partial charge in [-0.15, -0.1) is 0 Å². The van der Waals surface area contributed by atoms with E-state index in [0.717, 1.165) is 0 Å². The van der Waals surface area contributed by atoms with Crippen LogP contribution < -0.4 is 10.0 Å². The van der Waals surface area contributed by atoms with Crippen LogP contribution in [0.4, 0.5) is 0 Å². The standard InChI is InChI=1S/C4H11N2.Al/c1-3(5)4(2)6;/h3-5H,6H2,1-2H3;/q-1;+1/t3-,4-;/m1./s1. The third-order valence-electron chi connectivity index (χ3n) is 1.05. The van der Waals surface area contributed by atoms with E-state index in [2.05, 4.69) is 20.8 Å². The quantitative estimate of drug-likeness (QED) is 0.470. The zero-order valence-electron chi connectivity index (χ0n) is 4.81. The molecule has 40 valence electrons. The Labute approximate surface area is 53.1 Å². The molecule has 0 amide bonds. The summed E-state index contributed by atoms with van der Waals surface area (Å²) >= 11 is 2.43. The van der Waals surface area contributed by atoms with Gasteiger partial charge in [0.05, 0.1) is 0 Å². The van der Waals surface area contributed by atoms with Crippen molar-refractivity contribution in [3.05, 3.63) is 0 Å². The van der Waals surface area contributed by atoms with Gasteiger partial charge in [-0.2, -0.15) is 0 Å². The second kappa shape index (κ2) is 3.45. The fourth-order valence-corrected chi connectivity index (χ4v) is 0.455. The van der Waals surface area contributed by atoms with Crippen molar-refractivity contribution in [2.45, 2.75) is 25.9 Å². The van der Waals surface area contributed by atoms with Gasteiger partial charge in [-0.3, -0.25) is 0 Å². The topological polar surface area (TPSA) is 38.0 Å². The average molecular weight is 114 g/mol. The summed E-state index contributed by atoms with van der Waals surface area (Å²) < 4.78 is 2.96. The SMILES string of the molecule is C[C@@H](N)[C@@H](C)[NH][Al]. The van der Waals surface area contributed by atoms with E-state index >= 15 is 0 Å². The lowest BCUT2D eigenvalue weighted by Crippen LogP contribution is -2.39. The van der Waals surface area contributed by atoms with E-state index in [1.54, 1.807) is 0 Å². The lowest BCUT2D eigenvalue weighted by atomic mass is 10.2. The van der Waals surface area contributed by atoms with Crippen LogP contribution in [0.25, 0.3) is 0 Å². The fourth-order valence-electron chi connectivity index (χ4n) is 0.152. The van der Waals surface area contributed by atoms with Crippen molar-refractivity contribution in [1.82, 2.24) is 4.30 Å². The molecule has 0 heterocycles. The molecule has 0 saturated carbocycles. The first-order chi connectivity index (χ1) is 3.18. The Morgan fingerprint density at radius 3 is 2.00 bits per heavy atom. The van der Waals surface area contributed by atoms with E-state index in [1.807, 2.05) is 13.8 Å². The van der Waals surface area contributed by atoms with Crippen LogP contribution in [0.5, 0.6) is 0 Å². The molecule has 0 spiro atoms. The van der Waals surface area contributed by atoms with Crippen LogP contribution in [-0.2, 0) is 0 Å². The van der Waals surface area contributed by atoms with Crippen molar-refractivity contribution in [2.24, 2.45) is 5.73 Å². The second-order valence-electron chi connectivity index (χ2n) is 1.81. The molecule has 0 bridgehead atoms. The van der Waals surface area contributed by atoms with Gasteiger partial charge < -0.3 is 10.0 Å². The highest BCUT2D eigenvalue weighted by atomic mass is 27.1. The molecule has 0 aromatic heterocycles. The van der Waals surface area contributed by atoms with Crippen LogP contribution in [0.1, 0.15) is 13.8 Å². The van der Waals surface area contributed by atoms with Crippen molar-refractivity contribution >= 4 is 16.5 Å². The van der Waals surface area contributed by atoms with Crippen LogP contribution >= 0.6 is 0 Å². The number of hydrogen-bond acceptors (Lipinski definition) is 2. The third-order valence-corrected chi connectivity index (χ3v) is 1.58. The average Bonchev–Trinajstić information content (AvgIpc) is 1.65. The van der Waals surface area contributed by atoms with Crippen LogP contribution in [0, 0.1) is 0 Å². The fraction of sp³-hybridized carbons (Fsp3) is 1.00. The summed E-state index contributed by atoms with van der Waals surface area (Å²) in [6, 6.07) is 0.627. The van der Waals surface area contributed by atoms with E-state index in [1.165, 1.54) is 0 Å². The van der Waals surface area contributed by atoms with E-state index < -0.39 is 0 Å². The van der Waals surface area contributed by atoms with Crippen LogP contribution in [0.15, 0.2) is 0 Å². The van der Waals surface area contributed by atoms with Gasteiger partial charge in [0.1, 0.15) is 0 Å². The molecular weight excluding hydrogens is 103 g/mol. The first kappa shape index (κ1) is 7.45. The summed E-state index contributed by atoms with van der Waals surface area (Å²) in [5, 5.41) is 0. The predicted octanol–water partition coefficient (Wildman–Crippen LogP) is -0.605. The zero-order chi connectivity index (χ0) is 5.86. The summed E-state index contributed by atoms with van der Waals surface area (Å²) in [6.45, 7) is 4.01. The van der Waals surface area contributed by atoms with Gasteiger partial charge in [0, 0.05) is 6.04 Å². The van der Waals surface area contributed by atoms with E-state index in [0.29, 0.717) is 6.04 Å². The highest BCUT2D eigenvalue weighted by Crippen LogP contribution is 1.82. The molecule has 7 heavy (non-hydrogen) atoms. The minimum Gasteiger partial charge on any atom is -0.412 e. The Kier molecular flexibility index (Phi) is 3.68. The third kappa shape index (κ3) is 3.07. The van der Waals surface area contributed by atoms with Crippen molar-refractivity contribution in [3.63, 3.8) is 0 Å². The summed E-state index contributed by atoms with van der Waals surface area (Å²) in [4.78, 5) is 0. The predicted molar refractivity (Wildman–Crippen MR) is 32.0 cm³/mol. The van der Waals surface area contributed by atoms with Crippen molar-refractivity contribution in [1.29, 1.82) is 0 Å². The summed E-state index contributed by atoms with van der Waals surface area (Å²) in [5.41, 5.74) is 5.47. The molecule has 0 saturated heterocycles. The van der Waals surface area contributed by atoms with Gasteiger partial charge in [0.25, 0.3) is 16.5 Å². The number of rotatable bonds is 2. The van der Waals surface area contributed by atoms with E-state index in [-0.39, 0.29) is 6.04 Å². The molecule has 0 aliphatic rings. The lowest BCUT2D eigenvalue weighted by Gasteiger charge is -2.14. The van der Waals surface area contributed by atoms with Gasteiger partial charge in [0.2, 0.25) is 0 Å². The number of hydrogen-bond donors (Lipinski definition) is 2. The Morgan fingerprint density at radius 1 is 1.57 bits per heavy atom. The molecule has 0 aliphatic carbocycles. The minimum atomic E-state index is 0.234. The summed E-state index contributed by atoms with van der Waals surface area (Å²) in [5.74, 6) is 0. The van der Waals surface area contributed by atoms with Crippen molar-refractivity contribution in [2.75, 3.05) is 0 Å². The van der Waals surface area contributed by atoms with Gasteiger partial charge in [0.15, 0.2) is 0 Å². The van der Waals surface area contributed by atoms with Crippen LogP contribution in [-0.4, -0.2) is 28.6 Å². The number of nitrogens with one attached hydrogen (secondary N) is 1. The molecule has 2 atom stereocenters. The molecule has 0 aromatic rings.